The number of benzene rings is 1. The van der Waals surface area contributed by atoms with E-state index in [-0.39, 0.29) is 10.8 Å². The van der Waals surface area contributed by atoms with Gasteiger partial charge in [0.25, 0.3) is 0 Å². The van der Waals surface area contributed by atoms with Gasteiger partial charge in [-0.05, 0) is 68.3 Å². The quantitative estimate of drug-likeness (QED) is 0.291. The lowest BCUT2D eigenvalue weighted by molar-refractivity contribution is -0.118. The van der Waals surface area contributed by atoms with Crippen molar-refractivity contribution in [2.75, 3.05) is 38.5 Å². The van der Waals surface area contributed by atoms with Gasteiger partial charge in [0.2, 0.25) is 15.9 Å². The number of thiazole rings is 1. The number of aromatic nitrogens is 3. The lowest BCUT2D eigenvalue weighted by Gasteiger charge is -2.31. The average molecular weight is 605 g/mol. The van der Waals surface area contributed by atoms with E-state index in [0.717, 1.165) is 52.1 Å². The second kappa shape index (κ2) is 12.2. The topological polar surface area (TPSA) is 108 Å². The molecule has 0 spiro atoms. The molecule has 11 heteroatoms. The number of pyridine rings is 2. The van der Waals surface area contributed by atoms with Crippen LogP contribution in [0.1, 0.15) is 49.3 Å². The van der Waals surface area contributed by atoms with Crippen LogP contribution in [0.25, 0.3) is 21.6 Å². The summed E-state index contributed by atoms with van der Waals surface area (Å²) in [6.45, 7) is 4.34. The molecule has 42 heavy (non-hydrogen) atoms. The third-order valence-corrected chi connectivity index (χ3v) is 11.2. The zero-order chi connectivity index (χ0) is 29.3. The lowest BCUT2D eigenvalue weighted by atomic mass is 9.87. The standard InChI is InChI=1S/C31H36N6O3S2/c1-21-19-24(13-14-32-21)27-11-12-28-30(33-27)41-31(34-28)35-29(38)26(20-22-5-3-4-6-22)23-7-9-25(10-8-23)42(39,40)37-17-15-36(2)16-18-37/h7-14,19,22,26H,3-6,15-18,20H2,1-2H3,(H,34,35,38)/t26-/m1/s1. The maximum absolute atomic E-state index is 13.8. The summed E-state index contributed by atoms with van der Waals surface area (Å²) >= 11 is 1.36. The van der Waals surface area contributed by atoms with Crippen LogP contribution in [0, 0.1) is 12.8 Å². The van der Waals surface area contributed by atoms with Gasteiger partial charge in [-0.15, -0.1) is 0 Å². The highest BCUT2D eigenvalue weighted by atomic mass is 32.2. The molecular formula is C31H36N6O3S2. The smallest absolute Gasteiger partial charge is 0.243 e. The van der Waals surface area contributed by atoms with Gasteiger partial charge in [0.05, 0.1) is 16.5 Å². The molecule has 4 heterocycles. The molecule has 1 aliphatic carbocycles. The normalized spacial score (nSPS) is 18.0. The highest BCUT2D eigenvalue weighted by molar-refractivity contribution is 7.89. The van der Waals surface area contributed by atoms with E-state index in [0.29, 0.717) is 37.2 Å². The molecule has 220 valence electrons. The number of carbonyl (C=O) groups is 1. The Bertz CT molecular complexity index is 1670. The number of sulfonamides is 1. The SMILES string of the molecule is Cc1cc(-c2ccc3nc(NC(=O)[C@H](CC4CCCC4)c4ccc(S(=O)(=O)N5CCN(C)CC5)cc4)sc3n2)ccn1. The lowest BCUT2D eigenvalue weighted by Crippen LogP contribution is -2.47. The van der Waals surface area contributed by atoms with E-state index in [1.54, 1.807) is 22.6 Å². The number of hydrogen-bond acceptors (Lipinski definition) is 8. The van der Waals surface area contributed by atoms with Crippen LogP contribution in [0.3, 0.4) is 0 Å². The monoisotopic (exact) mass is 604 g/mol. The highest BCUT2D eigenvalue weighted by Gasteiger charge is 2.30. The zero-order valence-corrected chi connectivity index (χ0v) is 25.6. The zero-order valence-electron chi connectivity index (χ0n) is 24.0. The van der Waals surface area contributed by atoms with Gasteiger partial charge in [0.15, 0.2) is 5.13 Å². The van der Waals surface area contributed by atoms with Crippen LogP contribution in [0.4, 0.5) is 5.13 Å². The third-order valence-electron chi connectivity index (χ3n) is 8.42. The van der Waals surface area contributed by atoms with Crippen molar-refractivity contribution in [3.63, 3.8) is 0 Å². The van der Waals surface area contributed by atoms with Crippen molar-refractivity contribution < 1.29 is 13.2 Å². The van der Waals surface area contributed by atoms with Crippen molar-refractivity contribution in [1.29, 1.82) is 0 Å². The Hall–Kier alpha value is -3.25. The molecule has 1 amide bonds. The minimum Gasteiger partial charge on any atom is -0.304 e. The van der Waals surface area contributed by atoms with Crippen LogP contribution in [-0.2, 0) is 14.8 Å². The number of likely N-dealkylation sites (N-methyl/N-ethyl adjacent to an activating group) is 1. The molecule has 0 unspecified atom stereocenters. The van der Waals surface area contributed by atoms with E-state index in [4.69, 9.17) is 4.98 Å². The molecule has 2 fully saturated rings. The summed E-state index contributed by atoms with van der Waals surface area (Å²) in [4.78, 5) is 30.6. The van der Waals surface area contributed by atoms with Gasteiger partial charge in [-0.3, -0.25) is 9.78 Å². The van der Waals surface area contributed by atoms with E-state index in [2.05, 4.69) is 20.2 Å². The Balaban J connectivity index is 1.22. The molecular weight excluding hydrogens is 569 g/mol. The van der Waals surface area contributed by atoms with Crippen molar-refractivity contribution in [3.8, 4) is 11.3 Å². The minimum atomic E-state index is -3.57. The second-order valence-corrected chi connectivity index (χ2v) is 14.3. The fourth-order valence-corrected chi connectivity index (χ4v) is 8.22. The number of aryl methyl sites for hydroxylation is 1. The molecule has 0 bridgehead atoms. The van der Waals surface area contributed by atoms with Gasteiger partial charge < -0.3 is 10.2 Å². The first-order valence-electron chi connectivity index (χ1n) is 14.6. The van der Waals surface area contributed by atoms with Crippen molar-refractivity contribution >= 4 is 42.7 Å². The number of nitrogens with one attached hydrogen (secondary N) is 1. The summed E-state index contributed by atoms with van der Waals surface area (Å²) in [5, 5.41) is 3.57. The highest BCUT2D eigenvalue weighted by Crippen LogP contribution is 2.36. The van der Waals surface area contributed by atoms with Gasteiger partial charge in [-0.25, -0.2) is 18.4 Å². The summed E-state index contributed by atoms with van der Waals surface area (Å²) in [6.07, 6.45) is 7.09. The average Bonchev–Trinajstić information content (AvgIpc) is 3.65. The predicted octanol–water partition coefficient (Wildman–Crippen LogP) is 5.30. The van der Waals surface area contributed by atoms with E-state index in [1.165, 1.54) is 24.2 Å². The summed E-state index contributed by atoms with van der Waals surface area (Å²) in [5.74, 6) is -0.0534. The number of piperazine rings is 1. The van der Waals surface area contributed by atoms with Crippen LogP contribution >= 0.6 is 11.3 Å². The van der Waals surface area contributed by atoms with Crippen molar-refractivity contribution in [2.45, 2.75) is 49.8 Å². The Labute approximate surface area is 251 Å². The van der Waals surface area contributed by atoms with E-state index >= 15 is 0 Å². The molecule has 1 saturated heterocycles. The third kappa shape index (κ3) is 6.24. The fourth-order valence-electron chi connectivity index (χ4n) is 5.95. The van der Waals surface area contributed by atoms with Crippen LogP contribution in [0.15, 0.2) is 59.6 Å². The van der Waals surface area contributed by atoms with Crippen LogP contribution < -0.4 is 5.32 Å². The molecule has 1 aromatic carbocycles. The van der Waals surface area contributed by atoms with Crippen molar-refractivity contribution in [1.82, 2.24) is 24.2 Å². The predicted molar refractivity (Wildman–Crippen MR) is 166 cm³/mol. The maximum atomic E-state index is 13.8. The molecule has 2 aliphatic rings. The number of hydrogen-bond donors (Lipinski definition) is 1. The summed E-state index contributed by atoms with van der Waals surface area (Å²) in [5.41, 5.74) is 4.30. The Kier molecular flexibility index (Phi) is 8.35. The molecule has 9 nitrogen and oxygen atoms in total. The van der Waals surface area contributed by atoms with Gasteiger partial charge in [0.1, 0.15) is 10.3 Å². The molecule has 0 radical (unpaired) electrons. The number of anilines is 1. The molecule has 6 rings (SSSR count). The molecule has 1 saturated carbocycles. The van der Waals surface area contributed by atoms with E-state index < -0.39 is 15.9 Å². The van der Waals surface area contributed by atoms with Gasteiger partial charge in [-0.2, -0.15) is 4.31 Å². The van der Waals surface area contributed by atoms with Crippen LogP contribution in [0.5, 0.6) is 0 Å². The first-order valence-corrected chi connectivity index (χ1v) is 16.8. The summed E-state index contributed by atoms with van der Waals surface area (Å²) < 4.78 is 28.1. The molecule has 1 atom stereocenters. The molecule has 1 N–H and O–H groups in total. The molecule has 1 aliphatic heterocycles. The van der Waals surface area contributed by atoms with Gasteiger partial charge in [-0.1, -0.05) is 49.2 Å². The van der Waals surface area contributed by atoms with E-state index in [9.17, 15) is 13.2 Å². The largest absolute Gasteiger partial charge is 0.304 e. The number of fused-ring (bicyclic) bond motifs is 1. The van der Waals surface area contributed by atoms with Crippen LogP contribution in [-0.4, -0.2) is 71.7 Å². The fraction of sp³-hybridized carbons (Fsp3) is 0.419. The van der Waals surface area contributed by atoms with E-state index in [1.807, 2.05) is 50.4 Å². The van der Waals surface area contributed by atoms with Gasteiger partial charge >= 0.3 is 0 Å². The van der Waals surface area contributed by atoms with Gasteiger partial charge in [0, 0.05) is 43.6 Å². The minimum absolute atomic E-state index is 0.124. The Morgan fingerprint density at radius 2 is 1.76 bits per heavy atom. The number of rotatable bonds is 8. The van der Waals surface area contributed by atoms with Crippen molar-refractivity contribution in [2.24, 2.45) is 5.92 Å². The number of nitrogens with zero attached hydrogens (tertiary/aromatic N) is 5. The first kappa shape index (κ1) is 28.9. The maximum Gasteiger partial charge on any atom is 0.243 e. The summed E-state index contributed by atoms with van der Waals surface area (Å²) in [7, 11) is -1.57. The van der Waals surface area contributed by atoms with Crippen LogP contribution in [0.2, 0.25) is 0 Å². The number of amides is 1. The molecule has 3 aromatic heterocycles. The molecule has 4 aromatic rings. The summed E-state index contributed by atoms with van der Waals surface area (Å²) in [6, 6.07) is 14.7. The second-order valence-electron chi connectivity index (χ2n) is 11.4. The van der Waals surface area contributed by atoms with Crippen molar-refractivity contribution in [3.05, 3.63) is 66.0 Å². The number of carbonyl (C=O) groups excluding carboxylic acids is 1. The Morgan fingerprint density at radius 3 is 2.48 bits per heavy atom. The Morgan fingerprint density at radius 1 is 1.02 bits per heavy atom. The first-order chi connectivity index (χ1) is 20.3.